The van der Waals surface area contributed by atoms with Crippen molar-refractivity contribution in [1.82, 2.24) is 15.0 Å². The van der Waals surface area contributed by atoms with Gasteiger partial charge in [-0.3, -0.25) is 4.90 Å². The number of halogens is 1. The van der Waals surface area contributed by atoms with Crippen molar-refractivity contribution < 1.29 is 9.26 Å². The summed E-state index contributed by atoms with van der Waals surface area (Å²) in [5.74, 6) is 1.19. The molecule has 0 saturated carbocycles. The normalized spacial score (nSPS) is 20.2. The molecule has 1 aliphatic heterocycles. The molecular weight excluding hydrogens is 278 g/mol. The van der Waals surface area contributed by atoms with E-state index in [0.717, 1.165) is 25.3 Å². The van der Waals surface area contributed by atoms with Gasteiger partial charge in [0.1, 0.15) is 0 Å². The Morgan fingerprint density at radius 3 is 3.15 bits per heavy atom. The molecule has 1 aliphatic rings. The van der Waals surface area contributed by atoms with Crippen LogP contribution in [0.2, 0.25) is 5.02 Å². The highest BCUT2D eigenvalue weighted by Crippen LogP contribution is 2.20. The van der Waals surface area contributed by atoms with Gasteiger partial charge in [-0.15, -0.1) is 0 Å². The first-order chi connectivity index (χ1) is 9.70. The summed E-state index contributed by atoms with van der Waals surface area (Å²) in [6.45, 7) is 5.24. The second kappa shape index (κ2) is 5.91. The number of morpholine rings is 1. The average molecular weight is 294 g/mol. The summed E-state index contributed by atoms with van der Waals surface area (Å²) in [7, 11) is 0. The number of ether oxygens (including phenoxy) is 1. The van der Waals surface area contributed by atoms with Crippen molar-refractivity contribution in [3.63, 3.8) is 0 Å². The lowest BCUT2D eigenvalue weighted by atomic mass is 10.2. The van der Waals surface area contributed by atoms with Gasteiger partial charge in [0.2, 0.25) is 11.7 Å². The lowest BCUT2D eigenvalue weighted by Crippen LogP contribution is -2.40. The molecule has 5 nitrogen and oxygen atoms in total. The van der Waals surface area contributed by atoms with E-state index in [2.05, 4.69) is 22.0 Å². The van der Waals surface area contributed by atoms with Gasteiger partial charge in [0.25, 0.3) is 0 Å². The number of hydrogen-bond acceptors (Lipinski definition) is 5. The second-order valence-electron chi connectivity index (χ2n) is 4.94. The zero-order chi connectivity index (χ0) is 13.9. The van der Waals surface area contributed by atoms with Gasteiger partial charge >= 0.3 is 0 Å². The van der Waals surface area contributed by atoms with E-state index in [4.69, 9.17) is 20.9 Å². The summed E-state index contributed by atoms with van der Waals surface area (Å²) in [5, 5.41) is 4.67. The van der Waals surface area contributed by atoms with Crippen molar-refractivity contribution in [3.05, 3.63) is 35.2 Å². The van der Waals surface area contributed by atoms with Crippen LogP contribution in [0.1, 0.15) is 12.8 Å². The third-order valence-electron chi connectivity index (χ3n) is 3.23. The maximum Gasteiger partial charge on any atom is 0.241 e. The summed E-state index contributed by atoms with van der Waals surface area (Å²) in [6.07, 6.45) is 0.249. The van der Waals surface area contributed by atoms with Gasteiger partial charge in [-0.2, -0.15) is 4.98 Å². The first-order valence-electron chi connectivity index (χ1n) is 6.63. The van der Waals surface area contributed by atoms with Crippen molar-refractivity contribution in [2.75, 3.05) is 19.7 Å². The van der Waals surface area contributed by atoms with Crippen LogP contribution in [-0.4, -0.2) is 40.8 Å². The van der Waals surface area contributed by atoms with Gasteiger partial charge < -0.3 is 9.26 Å². The van der Waals surface area contributed by atoms with Crippen molar-refractivity contribution in [2.24, 2.45) is 0 Å². The molecule has 1 aromatic heterocycles. The fourth-order valence-electron chi connectivity index (χ4n) is 2.29. The van der Waals surface area contributed by atoms with Crippen LogP contribution in [0, 0.1) is 0 Å². The number of benzene rings is 1. The largest absolute Gasteiger partial charge is 0.376 e. The smallest absolute Gasteiger partial charge is 0.241 e. The zero-order valence-electron chi connectivity index (χ0n) is 11.3. The molecule has 20 heavy (non-hydrogen) atoms. The molecule has 1 atom stereocenters. The summed E-state index contributed by atoms with van der Waals surface area (Å²) < 4.78 is 10.8. The first kappa shape index (κ1) is 13.5. The Labute approximate surface area is 122 Å². The van der Waals surface area contributed by atoms with E-state index in [1.54, 1.807) is 0 Å². The summed E-state index contributed by atoms with van der Waals surface area (Å²) in [6, 6.07) is 7.43. The van der Waals surface area contributed by atoms with Gasteiger partial charge in [-0.1, -0.05) is 28.9 Å². The molecule has 6 heteroatoms. The van der Waals surface area contributed by atoms with Crippen LogP contribution in [0.4, 0.5) is 0 Å². The maximum atomic E-state index is 5.96. The van der Waals surface area contributed by atoms with Gasteiger partial charge in [0.05, 0.1) is 19.3 Å². The van der Waals surface area contributed by atoms with E-state index in [-0.39, 0.29) is 6.10 Å². The Morgan fingerprint density at radius 2 is 2.35 bits per heavy atom. The third kappa shape index (κ3) is 3.17. The van der Waals surface area contributed by atoms with Crippen LogP contribution >= 0.6 is 11.6 Å². The van der Waals surface area contributed by atoms with Crippen LogP contribution < -0.4 is 0 Å². The van der Waals surface area contributed by atoms with Crippen LogP contribution in [0.25, 0.3) is 11.4 Å². The quantitative estimate of drug-likeness (QED) is 0.871. The maximum absolute atomic E-state index is 5.96. The van der Waals surface area contributed by atoms with E-state index in [1.165, 1.54) is 0 Å². The van der Waals surface area contributed by atoms with Gasteiger partial charge in [0.15, 0.2) is 0 Å². The number of rotatable bonds is 3. The molecule has 1 fully saturated rings. The molecule has 0 bridgehead atoms. The standard InChI is InChI=1S/C14H16ClN3O2/c1-10-8-18(5-6-19-10)9-13-16-14(17-20-13)11-3-2-4-12(15)7-11/h2-4,7,10H,5-6,8-9H2,1H3. The van der Waals surface area contributed by atoms with E-state index in [1.807, 2.05) is 24.3 Å². The van der Waals surface area contributed by atoms with Crippen LogP contribution in [0.15, 0.2) is 28.8 Å². The Balaban J connectivity index is 1.70. The number of hydrogen-bond donors (Lipinski definition) is 0. The second-order valence-corrected chi connectivity index (χ2v) is 5.38. The molecule has 1 unspecified atom stereocenters. The summed E-state index contributed by atoms with van der Waals surface area (Å²) in [4.78, 5) is 6.68. The molecule has 3 rings (SSSR count). The monoisotopic (exact) mass is 293 g/mol. The summed E-state index contributed by atoms with van der Waals surface area (Å²) in [5.41, 5.74) is 0.864. The molecule has 0 N–H and O–H groups in total. The molecule has 0 spiro atoms. The predicted octanol–water partition coefficient (Wildman–Crippen LogP) is 2.61. The first-order valence-corrected chi connectivity index (χ1v) is 7.01. The van der Waals surface area contributed by atoms with E-state index >= 15 is 0 Å². The predicted molar refractivity (Wildman–Crippen MR) is 75.4 cm³/mol. The van der Waals surface area contributed by atoms with Crippen LogP contribution in [0.5, 0.6) is 0 Å². The Morgan fingerprint density at radius 1 is 1.45 bits per heavy atom. The highest BCUT2D eigenvalue weighted by Gasteiger charge is 2.19. The minimum Gasteiger partial charge on any atom is -0.376 e. The molecule has 1 aromatic carbocycles. The molecule has 106 valence electrons. The molecule has 0 radical (unpaired) electrons. The topological polar surface area (TPSA) is 51.4 Å². The van der Waals surface area contributed by atoms with Gasteiger partial charge in [-0.25, -0.2) is 0 Å². The Bertz CT molecular complexity index is 587. The Kier molecular flexibility index (Phi) is 4.00. The van der Waals surface area contributed by atoms with E-state index in [0.29, 0.717) is 23.3 Å². The number of aromatic nitrogens is 2. The molecule has 1 saturated heterocycles. The lowest BCUT2D eigenvalue weighted by molar-refractivity contribution is -0.0240. The highest BCUT2D eigenvalue weighted by atomic mass is 35.5. The Hall–Kier alpha value is -1.43. The molecular formula is C14H16ClN3O2. The zero-order valence-corrected chi connectivity index (χ0v) is 12.0. The van der Waals surface area contributed by atoms with E-state index in [9.17, 15) is 0 Å². The minimum absolute atomic E-state index is 0.249. The van der Waals surface area contributed by atoms with Crippen LogP contribution in [-0.2, 0) is 11.3 Å². The summed E-state index contributed by atoms with van der Waals surface area (Å²) >= 11 is 5.96. The van der Waals surface area contributed by atoms with Gasteiger partial charge in [0, 0.05) is 23.7 Å². The SMILES string of the molecule is CC1CN(Cc2nc(-c3cccc(Cl)c3)no2)CCO1. The van der Waals surface area contributed by atoms with E-state index < -0.39 is 0 Å². The van der Waals surface area contributed by atoms with Crippen molar-refractivity contribution in [3.8, 4) is 11.4 Å². The fourth-order valence-corrected chi connectivity index (χ4v) is 2.48. The third-order valence-corrected chi connectivity index (χ3v) is 3.47. The fraction of sp³-hybridized carbons (Fsp3) is 0.429. The van der Waals surface area contributed by atoms with Crippen molar-refractivity contribution >= 4 is 11.6 Å². The van der Waals surface area contributed by atoms with Crippen molar-refractivity contribution in [2.45, 2.75) is 19.6 Å². The lowest BCUT2D eigenvalue weighted by Gasteiger charge is -2.29. The molecule has 0 amide bonds. The van der Waals surface area contributed by atoms with Gasteiger partial charge in [-0.05, 0) is 19.1 Å². The molecule has 2 aromatic rings. The number of nitrogens with zero attached hydrogens (tertiary/aromatic N) is 3. The minimum atomic E-state index is 0.249. The highest BCUT2D eigenvalue weighted by molar-refractivity contribution is 6.30. The average Bonchev–Trinajstić information content (AvgIpc) is 2.87. The van der Waals surface area contributed by atoms with Crippen LogP contribution in [0.3, 0.4) is 0 Å². The molecule has 2 heterocycles. The molecule has 0 aliphatic carbocycles. The van der Waals surface area contributed by atoms with Crippen molar-refractivity contribution in [1.29, 1.82) is 0 Å².